The summed E-state index contributed by atoms with van der Waals surface area (Å²) >= 11 is 0. The van der Waals surface area contributed by atoms with Gasteiger partial charge in [0.15, 0.2) is 5.84 Å². The fraction of sp³-hybridized carbons (Fsp3) is 0.357. The van der Waals surface area contributed by atoms with Crippen LogP contribution in [0.1, 0.15) is 41.4 Å². The van der Waals surface area contributed by atoms with E-state index in [1.165, 1.54) is 17.0 Å². The summed E-state index contributed by atoms with van der Waals surface area (Å²) in [7, 11) is 3.19. The number of fused-ring (bicyclic) bond motifs is 3. The van der Waals surface area contributed by atoms with Crippen molar-refractivity contribution >= 4 is 11.7 Å². The van der Waals surface area contributed by atoms with Gasteiger partial charge in [-0.3, -0.25) is 4.79 Å². The smallest absolute Gasteiger partial charge is 0.270 e. The van der Waals surface area contributed by atoms with Gasteiger partial charge >= 0.3 is 0 Å². The number of alkyl halides is 2. The number of nitrogens with zero attached hydrogens (tertiary/aromatic N) is 3. The summed E-state index contributed by atoms with van der Waals surface area (Å²) in [5, 5.41) is 4.10. The van der Waals surface area contributed by atoms with Gasteiger partial charge in [0.2, 0.25) is 0 Å². The molecule has 1 unspecified atom stereocenters. The van der Waals surface area contributed by atoms with E-state index in [4.69, 9.17) is 10.5 Å². The minimum absolute atomic E-state index is 0.223. The van der Waals surface area contributed by atoms with Crippen molar-refractivity contribution in [3.8, 4) is 28.1 Å². The molecule has 3 heterocycles. The monoisotopic (exact) mass is 525 g/mol. The maximum atomic E-state index is 14.3. The normalized spacial score (nSPS) is 18.2. The van der Waals surface area contributed by atoms with Crippen LogP contribution < -0.4 is 15.9 Å². The second kappa shape index (κ2) is 9.74. The number of nitrogens with one attached hydrogen (secondary N) is 1. The summed E-state index contributed by atoms with van der Waals surface area (Å²) in [6, 6.07) is 11.0. The number of carbonyl (C=O) groups excluding carboxylic acids is 1. The van der Waals surface area contributed by atoms with Gasteiger partial charge in [-0.25, -0.2) is 13.2 Å². The Kier molecular flexibility index (Phi) is 6.58. The van der Waals surface area contributed by atoms with E-state index in [0.717, 1.165) is 16.8 Å². The molecule has 38 heavy (non-hydrogen) atoms. The topological polar surface area (TPSA) is 84.9 Å². The first kappa shape index (κ1) is 25.7. The largest absolute Gasteiger partial charge is 0.496 e. The first-order chi connectivity index (χ1) is 18.2. The number of likely N-dealkylation sites (tertiary alicyclic amines) is 1. The van der Waals surface area contributed by atoms with E-state index in [1.54, 1.807) is 32.4 Å². The maximum Gasteiger partial charge on any atom is 0.270 e. The lowest BCUT2D eigenvalue weighted by Gasteiger charge is -2.27. The first-order valence-corrected chi connectivity index (χ1v) is 12.6. The van der Waals surface area contributed by atoms with Crippen molar-refractivity contribution in [3.63, 3.8) is 0 Å². The number of methoxy groups -OCH3 is 1. The Balaban J connectivity index is 1.72. The van der Waals surface area contributed by atoms with Crippen molar-refractivity contribution in [1.82, 2.24) is 14.9 Å². The van der Waals surface area contributed by atoms with Crippen LogP contribution in [0.15, 0.2) is 47.6 Å². The van der Waals surface area contributed by atoms with Crippen molar-refractivity contribution in [2.75, 3.05) is 20.7 Å². The van der Waals surface area contributed by atoms with E-state index in [9.17, 15) is 18.0 Å². The number of carbonyl (C=O) groups is 1. The Morgan fingerprint density at radius 1 is 1.21 bits per heavy atom. The van der Waals surface area contributed by atoms with Crippen molar-refractivity contribution < 1.29 is 22.7 Å². The van der Waals surface area contributed by atoms with Gasteiger partial charge in [0.1, 0.15) is 17.3 Å². The minimum Gasteiger partial charge on any atom is -0.496 e. The number of aryl methyl sites for hydroxylation is 1. The number of hydrogen-bond acceptors (Lipinski definition) is 4. The third-order valence-corrected chi connectivity index (χ3v) is 7.37. The zero-order valence-electron chi connectivity index (χ0n) is 21.5. The molecule has 10 heteroatoms. The molecule has 1 fully saturated rings. The zero-order chi connectivity index (χ0) is 27.2. The standard InChI is InChI=1S/C28H30F3N5O2/c1-4-19-14-28(30,31)15-36(19)27(37)23-13-21(16-5-7-18(29)8-6-16)25-20-12-22(26(32)34-33-2)24(38-3)11-17(20)9-10-35(23)25/h5-8,11-13,19,33H,4,9-10,14-15H2,1-3H3,(H2,32,34). The first-order valence-electron chi connectivity index (χ1n) is 12.6. The summed E-state index contributed by atoms with van der Waals surface area (Å²) in [6.45, 7) is 1.67. The lowest BCUT2D eigenvalue weighted by atomic mass is 9.91. The number of nitrogens with two attached hydrogens (primary N) is 1. The molecule has 200 valence electrons. The second-order valence-corrected chi connectivity index (χ2v) is 9.69. The van der Waals surface area contributed by atoms with Gasteiger partial charge in [-0.2, -0.15) is 5.10 Å². The number of hydrogen-bond donors (Lipinski definition) is 2. The lowest BCUT2D eigenvalue weighted by molar-refractivity contribution is 0.0116. The van der Waals surface area contributed by atoms with Crippen LogP contribution in [0.25, 0.3) is 22.4 Å². The van der Waals surface area contributed by atoms with Crippen LogP contribution in [0.2, 0.25) is 0 Å². The molecule has 0 radical (unpaired) electrons. The Labute approximate surface area is 219 Å². The Bertz CT molecular complexity index is 1410. The van der Waals surface area contributed by atoms with E-state index < -0.39 is 24.4 Å². The molecule has 2 aliphatic heterocycles. The van der Waals surface area contributed by atoms with Crippen LogP contribution in [0.4, 0.5) is 13.2 Å². The molecular weight excluding hydrogens is 495 g/mol. The molecule has 3 aromatic rings. The van der Waals surface area contributed by atoms with Crippen molar-refractivity contribution in [2.45, 2.75) is 44.7 Å². The Morgan fingerprint density at radius 2 is 1.95 bits per heavy atom. The van der Waals surface area contributed by atoms with Gasteiger partial charge in [0, 0.05) is 37.2 Å². The predicted octanol–water partition coefficient (Wildman–Crippen LogP) is 4.63. The third-order valence-electron chi connectivity index (χ3n) is 7.37. The summed E-state index contributed by atoms with van der Waals surface area (Å²) in [5.74, 6) is -2.95. The summed E-state index contributed by atoms with van der Waals surface area (Å²) in [6.07, 6.45) is 0.687. The molecule has 0 spiro atoms. The van der Waals surface area contributed by atoms with Gasteiger partial charge in [-0.05, 0) is 54.3 Å². The highest BCUT2D eigenvalue weighted by Crippen LogP contribution is 2.43. The number of ether oxygens (including phenoxy) is 1. The fourth-order valence-corrected chi connectivity index (χ4v) is 5.58. The highest BCUT2D eigenvalue weighted by Gasteiger charge is 2.47. The van der Waals surface area contributed by atoms with Crippen LogP contribution in [0.3, 0.4) is 0 Å². The van der Waals surface area contributed by atoms with Crippen LogP contribution in [-0.4, -0.2) is 53.9 Å². The quantitative estimate of drug-likeness (QED) is 0.279. The van der Waals surface area contributed by atoms with Gasteiger partial charge in [0.25, 0.3) is 11.8 Å². The molecule has 1 aromatic heterocycles. The number of hydrazone groups is 1. The number of benzene rings is 2. The van der Waals surface area contributed by atoms with Crippen LogP contribution in [0.5, 0.6) is 5.75 Å². The summed E-state index contributed by atoms with van der Waals surface area (Å²) in [4.78, 5) is 15.1. The molecule has 2 aromatic carbocycles. The zero-order valence-corrected chi connectivity index (χ0v) is 21.5. The minimum atomic E-state index is -2.92. The van der Waals surface area contributed by atoms with Crippen molar-refractivity contribution in [3.05, 3.63) is 65.1 Å². The number of amidine groups is 1. The Hall–Kier alpha value is -3.95. The van der Waals surface area contributed by atoms with E-state index >= 15 is 0 Å². The molecule has 0 aliphatic carbocycles. The van der Waals surface area contributed by atoms with Crippen LogP contribution >= 0.6 is 0 Å². The molecule has 5 rings (SSSR count). The fourth-order valence-electron chi connectivity index (χ4n) is 5.58. The molecule has 1 amide bonds. The third kappa shape index (κ3) is 4.37. The van der Waals surface area contributed by atoms with Gasteiger partial charge in [-0.1, -0.05) is 19.1 Å². The van der Waals surface area contributed by atoms with Crippen molar-refractivity contribution in [2.24, 2.45) is 10.8 Å². The molecule has 0 bridgehead atoms. The van der Waals surface area contributed by atoms with Gasteiger partial charge in [-0.15, -0.1) is 0 Å². The summed E-state index contributed by atoms with van der Waals surface area (Å²) < 4.78 is 49.9. The van der Waals surface area contributed by atoms with E-state index in [1.807, 2.05) is 23.6 Å². The highest BCUT2D eigenvalue weighted by molar-refractivity contribution is 6.03. The maximum absolute atomic E-state index is 14.3. The highest BCUT2D eigenvalue weighted by atomic mass is 19.3. The number of rotatable bonds is 6. The molecular formula is C28H30F3N5O2. The SMILES string of the molecule is CCC1CC(F)(F)CN1C(=O)c1cc(-c2ccc(F)cc2)c2n1CCc1cc(OC)c(/C(N)=N/NC)cc1-2. The number of halogens is 3. The molecule has 7 nitrogen and oxygen atoms in total. The average Bonchev–Trinajstić information content (AvgIpc) is 3.45. The van der Waals surface area contributed by atoms with Gasteiger partial charge in [0.05, 0.1) is 24.9 Å². The van der Waals surface area contributed by atoms with Gasteiger partial charge < -0.3 is 25.4 Å². The number of amides is 1. The van der Waals surface area contributed by atoms with E-state index in [0.29, 0.717) is 47.5 Å². The molecule has 2 aliphatic rings. The molecule has 3 N–H and O–H groups in total. The van der Waals surface area contributed by atoms with Crippen molar-refractivity contribution in [1.29, 1.82) is 0 Å². The van der Waals surface area contributed by atoms with E-state index in [-0.39, 0.29) is 18.1 Å². The van der Waals surface area contributed by atoms with Crippen LogP contribution in [-0.2, 0) is 13.0 Å². The predicted molar refractivity (Wildman–Crippen MR) is 140 cm³/mol. The second-order valence-electron chi connectivity index (χ2n) is 9.69. The van der Waals surface area contributed by atoms with E-state index in [2.05, 4.69) is 10.5 Å². The Morgan fingerprint density at radius 3 is 2.61 bits per heavy atom. The lowest BCUT2D eigenvalue weighted by Crippen LogP contribution is -2.37. The molecule has 1 atom stereocenters. The van der Waals surface area contributed by atoms with Crippen LogP contribution in [0, 0.1) is 5.82 Å². The number of aromatic nitrogens is 1. The summed E-state index contributed by atoms with van der Waals surface area (Å²) in [5.41, 5.74) is 13.7. The molecule has 0 saturated carbocycles. The average molecular weight is 526 g/mol. The molecule has 1 saturated heterocycles.